The van der Waals surface area contributed by atoms with Crippen molar-refractivity contribution in [2.24, 2.45) is 5.41 Å². The molecule has 1 spiro atoms. The highest BCUT2D eigenvalue weighted by atomic mass is 16.5. The fourth-order valence-corrected chi connectivity index (χ4v) is 4.14. The minimum atomic E-state index is -0.00550. The van der Waals surface area contributed by atoms with Gasteiger partial charge in [-0.3, -0.25) is 9.59 Å². The Morgan fingerprint density at radius 3 is 2.33 bits per heavy atom. The molecule has 0 atom stereocenters. The first-order valence-corrected chi connectivity index (χ1v) is 9.42. The maximum absolute atomic E-state index is 13.1. The molecule has 5 heteroatoms. The molecule has 2 aliphatic rings. The largest absolute Gasteiger partial charge is 0.457 e. The predicted octanol–water partition coefficient (Wildman–Crippen LogP) is 3.56. The summed E-state index contributed by atoms with van der Waals surface area (Å²) in [6, 6.07) is 16.9. The number of amides is 2. The quantitative estimate of drug-likeness (QED) is 0.837. The number of hydrogen-bond donors (Lipinski definition) is 0. The molecule has 2 aromatic carbocycles. The number of nitrogens with zero attached hydrogens (tertiary/aromatic N) is 2. The fourth-order valence-electron chi connectivity index (χ4n) is 4.14. The van der Waals surface area contributed by atoms with E-state index >= 15 is 0 Å². The number of carbonyl (C=O) groups excluding carboxylic acids is 2. The summed E-state index contributed by atoms with van der Waals surface area (Å²) in [6.45, 7) is 2.17. The van der Waals surface area contributed by atoms with E-state index in [1.165, 1.54) is 0 Å². The summed E-state index contributed by atoms with van der Waals surface area (Å²) in [6.07, 6.45) is 2.35. The van der Waals surface area contributed by atoms with Crippen LogP contribution in [-0.2, 0) is 4.79 Å². The average molecular weight is 364 g/mol. The zero-order valence-electron chi connectivity index (χ0n) is 15.6. The molecule has 0 aromatic heterocycles. The van der Waals surface area contributed by atoms with Gasteiger partial charge in [-0.25, -0.2) is 0 Å². The molecule has 0 bridgehead atoms. The van der Waals surface area contributed by atoms with Crippen LogP contribution >= 0.6 is 0 Å². The van der Waals surface area contributed by atoms with Crippen molar-refractivity contribution in [2.75, 3.05) is 26.7 Å². The van der Waals surface area contributed by atoms with Crippen molar-refractivity contribution in [3.63, 3.8) is 0 Å². The number of benzene rings is 2. The van der Waals surface area contributed by atoms with Gasteiger partial charge in [0.2, 0.25) is 5.91 Å². The van der Waals surface area contributed by atoms with Crippen LogP contribution in [0, 0.1) is 5.41 Å². The maximum atomic E-state index is 13.1. The monoisotopic (exact) mass is 364 g/mol. The SMILES string of the molecule is CN1CC2(CCN(C(=O)c3ccccc3Oc3ccccc3)CC2)CC1=O. The highest BCUT2D eigenvalue weighted by Crippen LogP contribution is 2.41. The topological polar surface area (TPSA) is 49.9 Å². The molecular formula is C22H24N2O3. The number of hydrogen-bond acceptors (Lipinski definition) is 3. The fraction of sp³-hybridized carbons (Fsp3) is 0.364. The number of piperidine rings is 1. The smallest absolute Gasteiger partial charge is 0.257 e. The highest BCUT2D eigenvalue weighted by molar-refractivity contribution is 5.97. The van der Waals surface area contributed by atoms with Crippen molar-refractivity contribution < 1.29 is 14.3 Å². The van der Waals surface area contributed by atoms with Gasteiger partial charge in [0.05, 0.1) is 5.56 Å². The summed E-state index contributed by atoms with van der Waals surface area (Å²) in [5.74, 6) is 1.50. The molecule has 2 amide bonds. The van der Waals surface area contributed by atoms with E-state index in [0.717, 1.165) is 19.4 Å². The summed E-state index contributed by atoms with van der Waals surface area (Å²) in [5.41, 5.74) is 0.625. The molecule has 2 heterocycles. The lowest BCUT2D eigenvalue weighted by atomic mass is 9.77. The third-order valence-corrected chi connectivity index (χ3v) is 5.72. The van der Waals surface area contributed by atoms with Crippen LogP contribution in [0.25, 0.3) is 0 Å². The molecule has 0 radical (unpaired) electrons. The molecule has 0 unspecified atom stereocenters. The van der Waals surface area contributed by atoms with Crippen molar-refractivity contribution in [3.8, 4) is 11.5 Å². The van der Waals surface area contributed by atoms with Gasteiger partial charge >= 0.3 is 0 Å². The number of rotatable bonds is 3. The first-order chi connectivity index (χ1) is 13.1. The molecule has 27 heavy (non-hydrogen) atoms. The summed E-state index contributed by atoms with van der Waals surface area (Å²) in [4.78, 5) is 28.8. The molecule has 0 aliphatic carbocycles. The van der Waals surface area contributed by atoms with Crippen LogP contribution in [0.15, 0.2) is 54.6 Å². The van der Waals surface area contributed by atoms with E-state index < -0.39 is 0 Å². The number of likely N-dealkylation sites (tertiary alicyclic amines) is 2. The Hall–Kier alpha value is -2.82. The van der Waals surface area contributed by atoms with Crippen LogP contribution in [-0.4, -0.2) is 48.3 Å². The van der Waals surface area contributed by atoms with Crippen LogP contribution in [0.1, 0.15) is 29.6 Å². The molecule has 0 N–H and O–H groups in total. The molecule has 2 fully saturated rings. The molecule has 5 nitrogen and oxygen atoms in total. The van der Waals surface area contributed by atoms with E-state index in [9.17, 15) is 9.59 Å². The number of carbonyl (C=O) groups is 2. The van der Waals surface area contributed by atoms with E-state index in [0.29, 0.717) is 36.6 Å². The van der Waals surface area contributed by atoms with Crippen LogP contribution in [0.5, 0.6) is 11.5 Å². The van der Waals surface area contributed by atoms with Crippen LogP contribution < -0.4 is 4.74 Å². The van der Waals surface area contributed by atoms with Gasteiger partial charge in [-0.2, -0.15) is 0 Å². The molecule has 2 aliphatic heterocycles. The second-order valence-corrected chi connectivity index (χ2v) is 7.63. The third kappa shape index (κ3) is 3.54. The van der Waals surface area contributed by atoms with Gasteiger partial charge in [-0.05, 0) is 37.1 Å². The normalized spacial score (nSPS) is 18.8. The molecule has 2 aromatic rings. The Morgan fingerprint density at radius 1 is 1.00 bits per heavy atom. The zero-order valence-corrected chi connectivity index (χ0v) is 15.6. The Morgan fingerprint density at radius 2 is 1.67 bits per heavy atom. The zero-order chi connectivity index (χ0) is 18.9. The van der Waals surface area contributed by atoms with Crippen molar-refractivity contribution in [1.82, 2.24) is 9.80 Å². The van der Waals surface area contributed by atoms with Crippen molar-refractivity contribution in [3.05, 3.63) is 60.2 Å². The third-order valence-electron chi connectivity index (χ3n) is 5.72. The van der Waals surface area contributed by atoms with E-state index in [-0.39, 0.29) is 17.2 Å². The first-order valence-electron chi connectivity index (χ1n) is 9.42. The van der Waals surface area contributed by atoms with Crippen LogP contribution in [0.4, 0.5) is 0 Å². The minimum absolute atomic E-state index is 0.00550. The molecule has 2 saturated heterocycles. The second kappa shape index (κ2) is 7.06. The van der Waals surface area contributed by atoms with Crippen molar-refractivity contribution >= 4 is 11.8 Å². The Labute approximate surface area is 159 Å². The Kier molecular flexibility index (Phi) is 4.60. The van der Waals surface area contributed by atoms with E-state index in [1.807, 2.05) is 71.4 Å². The predicted molar refractivity (Wildman–Crippen MR) is 103 cm³/mol. The van der Waals surface area contributed by atoms with Crippen LogP contribution in [0.2, 0.25) is 0 Å². The summed E-state index contributed by atoms with van der Waals surface area (Å²) in [5, 5.41) is 0. The Bertz CT molecular complexity index is 842. The molecule has 4 rings (SSSR count). The van der Waals surface area contributed by atoms with Gasteiger partial charge in [-0.15, -0.1) is 0 Å². The highest BCUT2D eigenvalue weighted by Gasteiger charge is 2.44. The molecule has 140 valence electrons. The summed E-state index contributed by atoms with van der Waals surface area (Å²) in [7, 11) is 1.87. The van der Waals surface area contributed by atoms with Gasteiger partial charge < -0.3 is 14.5 Å². The second-order valence-electron chi connectivity index (χ2n) is 7.63. The molecular weight excluding hydrogens is 340 g/mol. The van der Waals surface area contributed by atoms with Crippen LogP contribution in [0.3, 0.4) is 0 Å². The lowest BCUT2D eigenvalue weighted by Gasteiger charge is -2.38. The average Bonchev–Trinajstić information content (AvgIpc) is 2.96. The van der Waals surface area contributed by atoms with Crippen molar-refractivity contribution in [2.45, 2.75) is 19.3 Å². The van der Waals surface area contributed by atoms with E-state index in [2.05, 4.69) is 0 Å². The van der Waals surface area contributed by atoms with Gasteiger partial charge in [-0.1, -0.05) is 30.3 Å². The number of ether oxygens (including phenoxy) is 1. The van der Waals surface area contributed by atoms with Gasteiger partial charge in [0.1, 0.15) is 11.5 Å². The first kappa shape index (κ1) is 17.6. The standard InChI is InChI=1S/C22H24N2O3/c1-23-16-22(15-20(23)25)11-13-24(14-12-22)21(26)18-9-5-6-10-19(18)27-17-7-3-2-4-8-17/h2-10H,11-16H2,1H3. The van der Waals surface area contributed by atoms with Crippen molar-refractivity contribution in [1.29, 1.82) is 0 Å². The lowest BCUT2D eigenvalue weighted by Crippen LogP contribution is -2.44. The van der Waals surface area contributed by atoms with E-state index in [1.54, 1.807) is 0 Å². The minimum Gasteiger partial charge on any atom is -0.457 e. The lowest BCUT2D eigenvalue weighted by molar-refractivity contribution is -0.126. The van der Waals surface area contributed by atoms with E-state index in [4.69, 9.17) is 4.74 Å². The summed E-state index contributed by atoms with van der Waals surface area (Å²) < 4.78 is 5.94. The van der Waals surface area contributed by atoms with Gasteiger partial charge in [0.25, 0.3) is 5.91 Å². The molecule has 0 saturated carbocycles. The van der Waals surface area contributed by atoms with Gasteiger partial charge in [0, 0.05) is 38.5 Å². The number of para-hydroxylation sites is 2. The Balaban J connectivity index is 1.47. The maximum Gasteiger partial charge on any atom is 0.257 e. The van der Waals surface area contributed by atoms with Gasteiger partial charge in [0.15, 0.2) is 0 Å². The summed E-state index contributed by atoms with van der Waals surface area (Å²) >= 11 is 0.